The molecule has 1 aromatic heterocycles. The summed E-state index contributed by atoms with van der Waals surface area (Å²) in [6, 6.07) is 0. The summed E-state index contributed by atoms with van der Waals surface area (Å²) >= 11 is 0. The van der Waals surface area contributed by atoms with Crippen molar-refractivity contribution in [2.45, 2.75) is 25.9 Å². The summed E-state index contributed by atoms with van der Waals surface area (Å²) in [6.45, 7) is 3.69. The lowest BCUT2D eigenvalue weighted by Crippen LogP contribution is -2.25. The summed E-state index contributed by atoms with van der Waals surface area (Å²) in [6.07, 6.45) is 0.379. The van der Waals surface area contributed by atoms with Crippen LogP contribution in [0.15, 0.2) is 4.52 Å². The van der Waals surface area contributed by atoms with E-state index in [-0.39, 0.29) is 11.7 Å². The molecule has 0 atom stereocenters. The number of ether oxygens (including phenoxy) is 1. The van der Waals surface area contributed by atoms with Gasteiger partial charge < -0.3 is 14.4 Å². The largest absolute Gasteiger partial charge is 0.475 e. The number of aromatic nitrogens is 2. The molecule has 1 N–H and O–H groups in total. The highest BCUT2D eigenvalue weighted by Crippen LogP contribution is 2.14. The highest BCUT2D eigenvalue weighted by molar-refractivity contribution is 5.82. The lowest BCUT2D eigenvalue weighted by atomic mass is 10.1. The SMILES string of the molecule is COC(C)(C)Cc1nc(C(=O)O)no1. The third-order valence-electron chi connectivity index (χ3n) is 1.79. The van der Waals surface area contributed by atoms with Gasteiger partial charge in [0.25, 0.3) is 5.82 Å². The van der Waals surface area contributed by atoms with E-state index in [0.29, 0.717) is 6.42 Å². The van der Waals surface area contributed by atoms with Crippen molar-refractivity contribution in [1.29, 1.82) is 0 Å². The number of aromatic carboxylic acids is 1. The van der Waals surface area contributed by atoms with Crippen molar-refractivity contribution in [3.8, 4) is 0 Å². The van der Waals surface area contributed by atoms with Gasteiger partial charge in [0, 0.05) is 7.11 Å². The third kappa shape index (κ3) is 2.53. The Morgan fingerprint density at radius 2 is 2.29 bits per heavy atom. The maximum Gasteiger partial charge on any atom is 0.377 e. The van der Waals surface area contributed by atoms with Gasteiger partial charge in [-0.25, -0.2) is 4.79 Å². The van der Waals surface area contributed by atoms with E-state index in [1.54, 1.807) is 7.11 Å². The molecule has 6 heteroatoms. The minimum absolute atomic E-state index is 0.259. The minimum Gasteiger partial charge on any atom is -0.475 e. The molecular weight excluding hydrogens is 188 g/mol. The molecule has 0 radical (unpaired) electrons. The Bertz CT molecular complexity index is 332. The number of rotatable bonds is 4. The molecule has 0 aromatic carbocycles. The van der Waals surface area contributed by atoms with Crippen molar-refractivity contribution in [3.63, 3.8) is 0 Å². The van der Waals surface area contributed by atoms with E-state index in [2.05, 4.69) is 10.1 Å². The molecule has 1 heterocycles. The molecule has 1 rings (SSSR count). The van der Waals surface area contributed by atoms with Gasteiger partial charge in [0.05, 0.1) is 12.0 Å². The van der Waals surface area contributed by atoms with Crippen LogP contribution in [0, 0.1) is 0 Å². The summed E-state index contributed by atoms with van der Waals surface area (Å²) in [7, 11) is 1.56. The maximum atomic E-state index is 10.4. The van der Waals surface area contributed by atoms with Crippen LogP contribution in [0.2, 0.25) is 0 Å². The summed E-state index contributed by atoms with van der Waals surface area (Å²) in [5, 5.41) is 11.8. The number of hydrogen-bond acceptors (Lipinski definition) is 5. The van der Waals surface area contributed by atoms with Crippen LogP contribution < -0.4 is 0 Å². The fourth-order valence-electron chi connectivity index (χ4n) is 0.850. The first kappa shape index (κ1) is 10.6. The van der Waals surface area contributed by atoms with Crippen LogP contribution in [0.4, 0.5) is 0 Å². The van der Waals surface area contributed by atoms with Crippen LogP contribution in [-0.2, 0) is 11.2 Å². The topological polar surface area (TPSA) is 85.5 Å². The van der Waals surface area contributed by atoms with E-state index in [4.69, 9.17) is 14.4 Å². The Hall–Kier alpha value is -1.43. The Kier molecular flexibility index (Phi) is 2.85. The first-order chi connectivity index (χ1) is 6.44. The van der Waals surface area contributed by atoms with E-state index in [1.807, 2.05) is 13.8 Å². The second-order valence-electron chi connectivity index (χ2n) is 3.46. The van der Waals surface area contributed by atoms with Gasteiger partial charge in [-0.15, -0.1) is 0 Å². The molecule has 0 bridgehead atoms. The van der Waals surface area contributed by atoms with Gasteiger partial charge in [-0.1, -0.05) is 0 Å². The van der Waals surface area contributed by atoms with E-state index >= 15 is 0 Å². The zero-order valence-electron chi connectivity index (χ0n) is 8.27. The predicted octanol–water partition coefficient (Wildman–Crippen LogP) is 0.735. The monoisotopic (exact) mass is 200 g/mol. The second kappa shape index (κ2) is 3.75. The Morgan fingerprint density at radius 1 is 1.64 bits per heavy atom. The Morgan fingerprint density at radius 3 is 2.71 bits per heavy atom. The van der Waals surface area contributed by atoms with E-state index in [1.165, 1.54) is 0 Å². The summed E-state index contributed by atoms with van der Waals surface area (Å²) in [5.74, 6) is -1.27. The van der Waals surface area contributed by atoms with Gasteiger partial charge in [0.15, 0.2) is 0 Å². The second-order valence-corrected chi connectivity index (χ2v) is 3.46. The fourth-order valence-corrected chi connectivity index (χ4v) is 0.850. The molecule has 1 aromatic rings. The smallest absolute Gasteiger partial charge is 0.377 e. The van der Waals surface area contributed by atoms with Crippen LogP contribution in [0.5, 0.6) is 0 Å². The van der Waals surface area contributed by atoms with E-state index < -0.39 is 11.6 Å². The standard InChI is InChI=1S/C8H12N2O4/c1-8(2,13-3)4-5-9-6(7(11)12)10-14-5/h4H2,1-3H3,(H,11,12). The molecule has 14 heavy (non-hydrogen) atoms. The molecule has 6 nitrogen and oxygen atoms in total. The average molecular weight is 200 g/mol. The number of hydrogen-bond donors (Lipinski definition) is 1. The summed E-state index contributed by atoms with van der Waals surface area (Å²) in [5.41, 5.74) is -0.442. The molecule has 0 spiro atoms. The highest BCUT2D eigenvalue weighted by Gasteiger charge is 2.22. The number of carbonyl (C=O) groups is 1. The molecular formula is C8H12N2O4. The number of carboxylic acid groups (broad SMARTS) is 1. The van der Waals surface area contributed by atoms with Gasteiger partial charge in [-0.3, -0.25) is 0 Å². The van der Waals surface area contributed by atoms with E-state index in [9.17, 15) is 4.79 Å². The van der Waals surface area contributed by atoms with Crippen molar-refractivity contribution in [1.82, 2.24) is 10.1 Å². The maximum absolute atomic E-state index is 10.4. The zero-order valence-corrected chi connectivity index (χ0v) is 8.27. The first-order valence-corrected chi connectivity index (χ1v) is 4.05. The number of carboxylic acids is 1. The van der Waals surface area contributed by atoms with Gasteiger partial charge >= 0.3 is 5.97 Å². The summed E-state index contributed by atoms with van der Waals surface area (Å²) < 4.78 is 9.88. The van der Waals surface area contributed by atoms with Gasteiger partial charge in [0.1, 0.15) is 0 Å². The predicted molar refractivity (Wildman–Crippen MR) is 46.0 cm³/mol. The minimum atomic E-state index is -1.20. The zero-order chi connectivity index (χ0) is 10.8. The van der Waals surface area contributed by atoms with Gasteiger partial charge in [-0.2, -0.15) is 4.98 Å². The molecule has 78 valence electrons. The van der Waals surface area contributed by atoms with Crippen molar-refractivity contribution in [3.05, 3.63) is 11.7 Å². The van der Waals surface area contributed by atoms with Gasteiger partial charge in [0.2, 0.25) is 5.89 Å². The van der Waals surface area contributed by atoms with Crippen molar-refractivity contribution in [2.24, 2.45) is 0 Å². The number of nitrogens with zero attached hydrogens (tertiary/aromatic N) is 2. The van der Waals surface area contributed by atoms with Crippen LogP contribution in [0.1, 0.15) is 30.4 Å². The Balaban J connectivity index is 2.73. The molecule has 0 amide bonds. The molecule has 0 saturated heterocycles. The average Bonchev–Trinajstić information content (AvgIpc) is 2.52. The first-order valence-electron chi connectivity index (χ1n) is 4.05. The third-order valence-corrected chi connectivity index (χ3v) is 1.79. The number of methoxy groups -OCH3 is 1. The lowest BCUT2D eigenvalue weighted by Gasteiger charge is -2.19. The molecule has 0 fully saturated rings. The normalized spacial score (nSPS) is 11.6. The lowest BCUT2D eigenvalue weighted by molar-refractivity contribution is 0.0170. The van der Waals surface area contributed by atoms with Crippen LogP contribution >= 0.6 is 0 Å². The molecule has 0 aliphatic carbocycles. The van der Waals surface area contributed by atoms with Crippen LogP contribution in [0.25, 0.3) is 0 Å². The van der Waals surface area contributed by atoms with Crippen molar-refractivity contribution < 1.29 is 19.2 Å². The molecule has 0 unspecified atom stereocenters. The van der Waals surface area contributed by atoms with Crippen molar-refractivity contribution in [2.75, 3.05) is 7.11 Å². The van der Waals surface area contributed by atoms with Gasteiger partial charge in [-0.05, 0) is 19.0 Å². The Labute approximate surface area is 80.9 Å². The van der Waals surface area contributed by atoms with E-state index in [0.717, 1.165) is 0 Å². The van der Waals surface area contributed by atoms with Crippen LogP contribution in [-0.4, -0.2) is 33.9 Å². The quantitative estimate of drug-likeness (QED) is 0.771. The highest BCUT2D eigenvalue weighted by atomic mass is 16.5. The van der Waals surface area contributed by atoms with Crippen molar-refractivity contribution >= 4 is 5.97 Å². The molecule has 0 aliphatic rings. The molecule has 0 saturated carbocycles. The molecule has 0 aliphatic heterocycles. The van der Waals surface area contributed by atoms with Crippen LogP contribution in [0.3, 0.4) is 0 Å². The summed E-state index contributed by atoms with van der Waals surface area (Å²) in [4.78, 5) is 14.1. The fraction of sp³-hybridized carbons (Fsp3) is 0.625.